The Labute approximate surface area is 215 Å². The number of hydrogen-bond acceptors (Lipinski definition) is 6. The fourth-order valence-corrected chi connectivity index (χ4v) is 4.85. The maximum absolute atomic E-state index is 13.5. The van der Waals surface area contributed by atoms with E-state index in [1.165, 1.54) is 0 Å². The van der Waals surface area contributed by atoms with Crippen LogP contribution in [0.1, 0.15) is 86.0 Å². The zero-order valence-corrected chi connectivity index (χ0v) is 22.7. The van der Waals surface area contributed by atoms with Crippen molar-refractivity contribution >= 4 is 23.7 Å². The summed E-state index contributed by atoms with van der Waals surface area (Å²) in [7, 11) is 0. The minimum absolute atomic E-state index is 0.00837. The van der Waals surface area contributed by atoms with Gasteiger partial charge in [-0.1, -0.05) is 13.8 Å². The molecule has 0 aromatic rings. The fourth-order valence-electron chi connectivity index (χ4n) is 4.85. The van der Waals surface area contributed by atoms with Crippen LogP contribution < -0.4 is 16.4 Å². The minimum atomic E-state index is -0.941. The van der Waals surface area contributed by atoms with Crippen LogP contribution >= 0.6 is 0 Å². The van der Waals surface area contributed by atoms with E-state index < -0.39 is 23.8 Å². The molecular formula is C26H47N5O5. The van der Waals surface area contributed by atoms with Gasteiger partial charge in [0, 0.05) is 19.0 Å². The zero-order chi connectivity index (χ0) is 26.9. The minimum Gasteiger partial charge on any atom is -0.447 e. The molecule has 1 aliphatic heterocycles. The lowest BCUT2D eigenvalue weighted by Crippen LogP contribution is -2.56. The van der Waals surface area contributed by atoms with E-state index in [-0.39, 0.29) is 36.3 Å². The lowest BCUT2D eigenvalue weighted by molar-refractivity contribution is -0.143. The Bertz CT molecular complexity index is 762. The summed E-state index contributed by atoms with van der Waals surface area (Å²) >= 11 is 0. The van der Waals surface area contributed by atoms with E-state index in [1.54, 1.807) is 18.7 Å². The molecule has 10 heteroatoms. The van der Waals surface area contributed by atoms with Gasteiger partial charge in [-0.2, -0.15) is 0 Å². The Morgan fingerprint density at radius 3 is 2.31 bits per heavy atom. The summed E-state index contributed by atoms with van der Waals surface area (Å²) in [6.07, 6.45) is 5.43. The standard InChI is InChI=1S/C26H47N5O5/c1-6-26(5,7-2)35-16-20(30-25(34)36-17(3)4)24(33)31-14-8-9-21(31)23(32)29-15-18-10-12-19(13-11-18)22(27)28/h17-21H,6-16H2,1-5H3,(H3,27,28)(H,29,32)(H,30,34)/t18?,19?,20-,21+/m1/s1. The van der Waals surface area contributed by atoms with Gasteiger partial charge in [-0.05, 0) is 78.1 Å². The number of ether oxygens (including phenoxy) is 2. The van der Waals surface area contributed by atoms with Crippen LogP contribution in [0.2, 0.25) is 0 Å². The predicted molar refractivity (Wildman–Crippen MR) is 139 cm³/mol. The summed E-state index contributed by atoms with van der Waals surface area (Å²) in [6.45, 7) is 10.5. The third-order valence-electron chi connectivity index (χ3n) is 7.72. The average molecular weight is 510 g/mol. The quantitative estimate of drug-likeness (QED) is 0.235. The third-order valence-corrected chi connectivity index (χ3v) is 7.72. The van der Waals surface area contributed by atoms with Gasteiger partial charge in [-0.25, -0.2) is 4.79 Å². The molecule has 1 aliphatic carbocycles. The summed E-state index contributed by atoms with van der Waals surface area (Å²) in [5, 5.41) is 13.3. The second-order valence-electron chi connectivity index (χ2n) is 10.7. The van der Waals surface area contributed by atoms with E-state index in [4.69, 9.17) is 20.6 Å². The SMILES string of the molecule is CCC(C)(CC)OC[C@@H](NC(=O)OC(C)C)C(=O)N1CCC[C@H]1C(=O)NCC1CCC(C(=N)N)CC1. The van der Waals surface area contributed by atoms with Crippen molar-refractivity contribution in [1.82, 2.24) is 15.5 Å². The van der Waals surface area contributed by atoms with Crippen LogP contribution in [0.4, 0.5) is 4.79 Å². The number of alkyl carbamates (subject to hydrolysis) is 1. The number of nitrogens with two attached hydrogens (primary N) is 1. The molecule has 206 valence electrons. The number of likely N-dealkylation sites (tertiary alicyclic amines) is 1. The van der Waals surface area contributed by atoms with Gasteiger partial charge in [0.25, 0.3) is 0 Å². The number of nitrogens with zero attached hydrogens (tertiary/aromatic N) is 1. The lowest BCUT2D eigenvalue weighted by Gasteiger charge is -2.33. The van der Waals surface area contributed by atoms with Crippen LogP contribution in [0.5, 0.6) is 0 Å². The van der Waals surface area contributed by atoms with Crippen LogP contribution in [0, 0.1) is 17.2 Å². The zero-order valence-electron chi connectivity index (χ0n) is 22.7. The molecule has 0 bridgehead atoms. The molecule has 0 spiro atoms. The lowest BCUT2D eigenvalue weighted by atomic mass is 9.81. The smallest absolute Gasteiger partial charge is 0.408 e. The van der Waals surface area contributed by atoms with Gasteiger partial charge in [-0.15, -0.1) is 0 Å². The third kappa shape index (κ3) is 8.64. The second kappa shape index (κ2) is 13.8. The number of amides is 3. The van der Waals surface area contributed by atoms with Crippen molar-refractivity contribution in [2.75, 3.05) is 19.7 Å². The van der Waals surface area contributed by atoms with Crippen molar-refractivity contribution < 1.29 is 23.9 Å². The molecule has 10 nitrogen and oxygen atoms in total. The van der Waals surface area contributed by atoms with Crippen LogP contribution in [0.15, 0.2) is 0 Å². The van der Waals surface area contributed by atoms with Crippen LogP contribution in [0.3, 0.4) is 0 Å². The first-order chi connectivity index (χ1) is 17.0. The van der Waals surface area contributed by atoms with E-state index >= 15 is 0 Å². The van der Waals surface area contributed by atoms with Crippen molar-refractivity contribution in [2.45, 2.75) is 110 Å². The highest BCUT2D eigenvalue weighted by atomic mass is 16.6. The average Bonchev–Trinajstić information content (AvgIpc) is 3.34. The summed E-state index contributed by atoms with van der Waals surface area (Å²) in [4.78, 5) is 40.5. The number of amidine groups is 1. The number of carbonyl (C=O) groups is 3. The Morgan fingerprint density at radius 1 is 1.11 bits per heavy atom. The monoisotopic (exact) mass is 509 g/mol. The summed E-state index contributed by atoms with van der Waals surface area (Å²) < 4.78 is 11.3. The van der Waals surface area contributed by atoms with E-state index in [9.17, 15) is 14.4 Å². The molecule has 2 atom stereocenters. The molecule has 1 heterocycles. The van der Waals surface area contributed by atoms with Crippen molar-refractivity contribution in [3.63, 3.8) is 0 Å². The summed E-state index contributed by atoms with van der Waals surface area (Å²) in [5.74, 6) is 0.261. The van der Waals surface area contributed by atoms with E-state index in [0.717, 1.165) is 44.9 Å². The maximum atomic E-state index is 13.5. The number of rotatable bonds is 12. The molecular weight excluding hydrogens is 462 g/mol. The molecule has 0 radical (unpaired) electrons. The number of hydrogen-bond donors (Lipinski definition) is 4. The highest BCUT2D eigenvalue weighted by Crippen LogP contribution is 2.28. The normalized spacial score (nSPS) is 23.3. The second-order valence-corrected chi connectivity index (χ2v) is 10.7. The molecule has 0 aromatic carbocycles. The largest absolute Gasteiger partial charge is 0.447 e. The molecule has 1 saturated heterocycles. The highest BCUT2D eigenvalue weighted by molar-refractivity contribution is 5.92. The molecule has 0 unspecified atom stereocenters. The van der Waals surface area contributed by atoms with Gasteiger partial charge in [0.1, 0.15) is 12.1 Å². The number of carbonyl (C=O) groups excluding carboxylic acids is 3. The topological polar surface area (TPSA) is 147 Å². The fraction of sp³-hybridized carbons (Fsp3) is 0.846. The first-order valence-corrected chi connectivity index (χ1v) is 13.5. The van der Waals surface area contributed by atoms with E-state index in [2.05, 4.69) is 10.6 Å². The van der Waals surface area contributed by atoms with Gasteiger partial charge < -0.3 is 30.7 Å². The molecule has 2 fully saturated rings. The van der Waals surface area contributed by atoms with E-state index in [0.29, 0.717) is 25.4 Å². The molecule has 3 amide bonds. The summed E-state index contributed by atoms with van der Waals surface area (Å²) in [6, 6.07) is -1.51. The van der Waals surface area contributed by atoms with Gasteiger partial charge in [-0.3, -0.25) is 15.0 Å². The molecule has 2 rings (SSSR count). The Morgan fingerprint density at radius 2 is 1.75 bits per heavy atom. The van der Waals surface area contributed by atoms with Crippen LogP contribution in [-0.2, 0) is 19.1 Å². The molecule has 0 aromatic heterocycles. The van der Waals surface area contributed by atoms with Crippen molar-refractivity contribution in [2.24, 2.45) is 17.6 Å². The highest BCUT2D eigenvalue weighted by Gasteiger charge is 2.39. The van der Waals surface area contributed by atoms with Gasteiger partial charge in [0.05, 0.1) is 24.1 Å². The maximum Gasteiger partial charge on any atom is 0.408 e. The summed E-state index contributed by atoms with van der Waals surface area (Å²) in [5.41, 5.74) is 5.22. The van der Waals surface area contributed by atoms with E-state index in [1.807, 2.05) is 20.8 Å². The van der Waals surface area contributed by atoms with Crippen molar-refractivity contribution in [3.8, 4) is 0 Å². The molecule has 36 heavy (non-hydrogen) atoms. The number of nitrogens with one attached hydrogen (secondary N) is 3. The Balaban J connectivity index is 2.01. The first-order valence-electron chi connectivity index (χ1n) is 13.5. The Hall–Kier alpha value is -2.36. The molecule has 5 N–H and O–H groups in total. The van der Waals surface area contributed by atoms with Crippen molar-refractivity contribution in [3.05, 3.63) is 0 Å². The van der Waals surface area contributed by atoms with Gasteiger partial charge in [0.15, 0.2) is 0 Å². The van der Waals surface area contributed by atoms with Gasteiger partial charge >= 0.3 is 6.09 Å². The van der Waals surface area contributed by atoms with Gasteiger partial charge in [0.2, 0.25) is 11.8 Å². The van der Waals surface area contributed by atoms with Crippen LogP contribution in [-0.4, -0.2) is 72.1 Å². The van der Waals surface area contributed by atoms with Crippen LogP contribution in [0.25, 0.3) is 0 Å². The first kappa shape index (κ1) is 29.9. The molecule has 2 aliphatic rings. The Kier molecular flexibility index (Phi) is 11.5. The predicted octanol–water partition coefficient (Wildman–Crippen LogP) is 2.93. The molecule has 1 saturated carbocycles. The van der Waals surface area contributed by atoms with Crippen molar-refractivity contribution in [1.29, 1.82) is 5.41 Å².